The molecule has 0 saturated carbocycles. The van der Waals surface area contributed by atoms with Crippen LogP contribution in [-0.4, -0.2) is 35.6 Å². The van der Waals surface area contributed by atoms with Crippen molar-refractivity contribution in [1.82, 2.24) is 0 Å². The summed E-state index contributed by atoms with van der Waals surface area (Å²) in [5, 5.41) is 0. The van der Waals surface area contributed by atoms with Crippen LogP contribution < -0.4 is 28.4 Å². The highest BCUT2D eigenvalue weighted by Crippen LogP contribution is 2.46. The van der Waals surface area contributed by atoms with Crippen molar-refractivity contribution < 1.29 is 57.2 Å². The third-order valence-electron chi connectivity index (χ3n) is 4.35. The van der Waals surface area contributed by atoms with Crippen LogP contribution in [0.15, 0.2) is 30.0 Å². The van der Waals surface area contributed by atoms with Crippen molar-refractivity contribution in [2.24, 2.45) is 0 Å². The minimum atomic E-state index is -0.778. The van der Waals surface area contributed by atoms with Gasteiger partial charge in [0.25, 0.3) is 0 Å². The number of fused-ring (bicyclic) bond motifs is 1. The Morgan fingerprint density at radius 2 is 1.11 bits per heavy atom. The quantitative estimate of drug-likeness (QED) is 0.317. The van der Waals surface area contributed by atoms with Crippen molar-refractivity contribution in [3.05, 3.63) is 41.2 Å². The van der Waals surface area contributed by atoms with Crippen LogP contribution in [0.4, 0.5) is 0 Å². The summed E-state index contributed by atoms with van der Waals surface area (Å²) in [6.45, 7) is 5.56. The predicted octanol–water partition coefficient (Wildman–Crippen LogP) is 2.93. The molecule has 192 valence electrons. The molecule has 12 nitrogen and oxygen atoms in total. The monoisotopic (exact) mass is 512 g/mol. The molecule has 1 heterocycles. The molecule has 0 amide bonds. The average Bonchev–Trinajstić information content (AvgIpc) is 3.06. The number of ether oxygens (including phenoxy) is 6. The highest BCUT2D eigenvalue weighted by Gasteiger charge is 2.34. The summed E-state index contributed by atoms with van der Waals surface area (Å²) < 4.78 is 31.1. The Kier molecular flexibility index (Phi) is 7.71. The number of benzene rings is 2. The van der Waals surface area contributed by atoms with E-state index in [-0.39, 0.29) is 51.4 Å². The number of allylic oxidation sites excluding steroid dienone is 1. The summed E-state index contributed by atoms with van der Waals surface area (Å²) >= 11 is 0. The second kappa shape index (κ2) is 10.7. The summed E-state index contributed by atoms with van der Waals surface area (Å²) in [5.74, 6) is -6.09. The van der Waals surface area contributed by atoms with Crippen molar-refractivity contribution in [1.29, 1.82) is 0 Å². The smallest absolute Gasteiger partial charge is 0.308 e. The lowest BCUT2D eigenvalue weighted by molar-refractivity contribution is -0.135. The molecule has 0 spiro atoms. The molecule has 0 radical (unpaired) electrons. The van der Waals surface area contributed by atoms with Gasteiger partial charge in [-0.05, 0) is 35.9 Å². The number of Topliss-reactive ketones (excluding diaryl/α,β-unsaturated/α-hetero) is 1. The molecule has 0 aliphatic carbocycles. The van der Waals surface area contributed by atoms with E-state index in [1.807, 2.05) is 0 Å². The molecule has 2 aromatic carbocycles. The van der Waals surface area contributed by atoms with Gasteiger partial charge in [-0.1, -0.05) is 0 Å². The molecule has 0 aromatic heterocycles. The Balaban J connectivity index is 2.13. The second-order valence-corrected chi connectivity index (χ2v) is 7.52. The molecule has 0 unspecified atom stereocenters. The number of hydrogen-bond acceptors (Lipinski definition) is 12. The maximum Gasteiger partial charge on any atom is 0.308 e. The summed E-state index contributed by atoms with van der Waals surface area (Å²) in [7, 11) is 0. The minimum Gasteiger partial charge on any atom is -0.448 e. The van der Waals surface area contributed by atoms with Crippen molar-refractivity contribution in [2.45, 2.75) is 34.6 Å². The van der Waals surface area contributed by atoms with Crippen LogP contribution in [0, 0.1) is 0 Å². The lowest BCUT2D eigenvalue weighted by atomic mass is 10.1. The first kappa shape index (κ1) is 26.6. The maximum absolute atomic E-state index is 13.0. The van der Waals surface area contributed by atoms with Crippen LogP contribution in [0.2, 0.25) is 0 Å². The SMILES string of the molecule is CC(=O)Oc1cc(C=C2Oc3c(ccc(OC(C)=O)c3OC(C)=O)C2=O)cc(OC(C)=O)c1OC(C)=O. The van der Waals surface area contributed by atoms with Gasteiger partial charge in [0.1, 0.15) is 0 Å². The standard InChI is InChI=1S/C25H20O12/c1-11(26)32-18-7-6-17-22(31)19(37-23(17)25(18)36-15(5)30)8-16-9-20(33-12(2)27)24(35-14(4)29)21(10-16)34-13(3)28/h6-10H,1-5H3. The van der Waals surface area contributed by atoms with Gasteiger partial charge in [0.05, 0.1) is 5.56 Å². The average molecular weight is 512 g/mol. The van der Waals surface area contributed by atoms with E-state index in [0.29, 0.717) is 0 Å². The number of carbonyl (C=O) groups excluding carboxylic acids is 6. The van der Waals surface area contributed by atoms with E-state index in [9.17, 15) is 28.8 Å². The zero-order valence-corrected chi connectivity index (χ0v) is 20.3. The van der Waals surface area contributed by atoms with Crippen molar-refractivity contribution in [2.75, 3.05) is 0 Å². The summed E-state index contributed by atoms with van der Waals surface area (Å²) in [4.78, 5) is 70.9. The molecule has 1 aliphatic heterocycles. The third-order valence-corrected chi connectivity index (χ3v) is 4.35. The Morgan fingerprint density at radius 1 is 0.649 bits per heavy atom. The maximum atomic E-state index is 13.0. The van der Waals surface area contributed by atoms with Crippen LogP contribution in [0.25, 0.3) is 6.08 Å². The highest BCUT2D eigenvalue weighted by molar-refractivity contribution is 6.15. The van der Waals surface area contributed by atoms with Gasteiger partial charge < -0.3 is 28.4 Å². The van der Waals surface area contributed by atoms with Gasteiger partial charge in [0.15, 0.2) is 28.8 Å². The van der Waals surface area contributed by atoms with Gasteiger partial charge in [-0.2, -0.15) is 0 Å². The predicted molar refractivity (Wildman–Crippen MR) is 122 cm³/mol. The first-order valence-electron chi connectivity index (χ1n) is 10.6. The van der Waals surface area contributed by atoms with Crippen molar-refractivity contribution >= 4 is 41.7 Å². The van der Waals surface area contributed by atoms with Crippen LogP contribution in [0.1, 0.15) is 50.5 Å². The van der Waals surface area contributed by atoms with Gasteiger partial charge in [-0.25, -0.2) is 0 Å². The molecule has 37 heavy (non-hydrogen) atoms. The fraction of sp³-hybridized carbons (Fsp3) is 0.200. The first-order valence-corrected chi connectivity index (χ1v) is 10.6. The van der Waals surface area contributed by atoms with Crippen LogP contribution in [-0.2, 0) is 24.0 Å². The second-order valence-electron chi connectivity index (χ2n) is 7.52. The normalized spacial score (nSPS) is 12.8. The van der Waals surface area contributed by atoms with E-state index in [2.05, 4.69) is 0 Å². The van der Waals surface area contributed by atoms with Gasteiger partial charge in [-0.15, -0.1) is 0 Å². The van der Waals surface area contributed by atoms with Crippen LogP contribution in [0.5, 0.6) is 34.5 Å². The molecule has 2 aromatic rings. The molecule has 0 N–H and O–H groups in total. The van der Waals surface area contributed by atoms with E-state index >= 15 is 0 Å². The molecule has 12 heteroatoms. The van der Waals surface area contributed by atoms with Crippen LogP contribution in [0.3, 0.4) is 0 Å². The molecule has 0 fully saturated rings. The summed E-state index contributed by atoms with van der Waals surface area (Å²) in [6, 6.07) is 5.09. The third kappa shape index (κ3) is 6.36. The fourth-order valence-electron chi connectivity index (χ4n) is 3.22. The molecule has 3 rings (SSSR count). The van der Waals surface area contributed by atoms with Gasteiger partial charge in [-0.3, -0.25) is 28.8 Å². The Hall–Kier alpha value is -5.00. The Labute approximate surface area is 209 Å². The lowest BCUT2D eigenvalue weighted by Gasteiger charge is -2.14. The first-order chi connectivity index (χ1) is 17.3. The van der Waals surface area contributed by atoms with Gasteiger partial charge >= 0.3 is 29.8 Å². The van der Waals surface area contributed by atoms with Crippen molar-refractivity contribution in [3.63, 3.8) is 0 Å². The van der Waals surface area contributed by atoms with E-state index in [1.165, 1.54) is 30.3 Å². The van der Waals surface area contributed by atoms with E-state index < -0.39 is 35.6 Å². The molecule has 0 saturated heterocycles. The number of esters is 5. The number of carbonyl (C=O) groups is 6. The number of ketones is 1. The van der Waals surface area contributed by atoms with Gasteiger partial charge in [0, 0.05) is 34.6 Å². The largest absolute Gasteiger partial charge is 0.448 e. The molecule has 0 bridgehead atoms. The molecule has 1 aliphatic rings. The highest BCUT2D eigenvalue weighted by atomic mass is 16.6. The summed E-state index contributed by atoms with van der Waals surface area (Å²) in [5.41, 5.74) is 0.157. The zero-order valence-electron chi connectivity index (χ0n) is 20.3. The van der Waals surface area contributed by atoms with E-state index in [4.69, 9.17) is 28.4 Å². The Morgan fingerprint density at radius 3 is 1.59 bits per heavy atom. The fourth-order valence-corrected chi connectivity index (χ4v) is 3.22. The van der Waals surface area contributed by atoms with Crippen molar-refractivity contribution in [3.8, 4) is 34.5 Å². The topological polar surface area (TPSA) is 158 Å². The van der Waals surface area contributed by atoms with Crippen LogP contribution >= 0.6 is 0 Å². The number of hydrogen-bond donors (Lipinski definition) is 0. The molecular weight excluding hydrogens is 492 g/mol. The molecule has 0 atom stereocenters. The van der Waals surface area contributed by atoms with E-state index in [0.717, 1.165) is 34.6 Å². The molecular formula is C25H20O12. The Bertz CT molecular complexity index is 1350. The zero-order chi connectivity index (χ0) is 27.4. The van der Waals surface area contributed by atoms with Gasteiger partial charge in [0.2, 0.25) is 17.3 Å². The summed E-state index contributed by atoms with van der Waals surface area (Å²) in [6.07, 6.45) is 1.23. The minimum absolute atomic E-state index is 0.00959. The van der Waals surface area contributed by atoms with E-state index in [1.54, 1.807) is 0 Å². The lowest BCUT2D eigenvalue weighted by Crippen LogP contribution is -2.11. The number of rotatable bonds is 6.